The Hall–Kier alpha value is -4.18. The molecule has 0 fully saturated rings. The number of nitro benzene ring substituents is 1. The van der Waals surface area contributed by atoms with Gasteiger partial charge in [0.05, 0.1) is 4.92 Å². The van der Waals surface area contributed by atoms with E-state index in [0.717, 1.165) is 16.7 Å². The van der Waals surface area contributed by atoms with Gasteiger partial charge in [0.1, 0.15) is 23.2 Å². The van der Waals surface area contributed by atoms with E-state index in [1.165, 1.54) is 18.2 Å². The molecule has 0 aliphatic heterocycles. The number of benzene rings is 2. The number of nitrogens with one attached hydrogen (secondary N) is 1. The molecule has 1 aromatic heterocycles. The molecular weight excluding hydrogens is 382 g/mol. The number of carbonyl (C=O) groups is 1. The lowest BCUT2D eigenvalue weighted by Crippen LogP contribution is -2.13. The van der Waals surface area contributed by atoms with Crippen LogP contribution in [0, 0.1) is 42.2 Å². The van der Waals surface area contributed by atoms with E-state index in [-0.39, 0.29) is 11.3 Å². The molecule has 3 aromatic rings. The molecule has 150 valence electrons. The Morgan fingerprint density at radius 2 is 1.80 bits per heavy atom. The zero-order valence-corrected chi connectivity index (χ0v) is 16.7. The molecule has 1 heterocycles. The number of hydrogen-bond donors (Lipinski definition) is 1. The Balaban J connectivity index is 1.86. The molecule has 0 aliphatic carbocycles. The number of non-ortho nitro benzene ring substituents is 1. The highest BCUT2D eigenvalue weighted by atomic mass is 16.6. The molecule has 1 amide bonds. The van der Waals surface area contributed by atoms with Crippen LogP contribution in [0.2, 0.25) is 0 Å². The smallest absolute Gasteiger partial charge is 0.270 e. The number of nitriles is 1. The second-order valence-electron chi connectivity index (χ2n) is 6.88. The maximum absolute atomic E-state index is 12.5. The van der Waals surface area contributed by atoms with Crippen LogP contribution in [-0.2, 0) is 4.79 Å². The zero-order valence-electron chi connectivity index (χ0n) is 16.7. The molecule has 0 saturated carbocycles. The second-order valence-corrected chi connectivity index (χ2v) is 6.88. The molecule has 2 aromatic carbocycles. The molecule has 0 saturated heterocycles. The Bertz CT molecular complexity index is 1220. The van der Waals surface area contributed by atoms with E-state index in [1.807, 2.05) is 39.0 Å². The molecule has 1 N–H and O–H groups in total. The number of anilines is 1. The Kier molecular flexibility index (Phi) is 5.79. The summed E-state index contributed by atoms with van der Waals surface area (Å²) in [6, 6.07) is 15.1. The van der Waals surface area contributed by atoms with Crippen LogP contribution in [0.4, 0.5) is 11.4 Å². The first kappa shape index (κ1) is 20.6. The van der Waals surface area contributed by atoms with Crippen LogP contribution < -0.4 is 5.32 Å². The number of rotatable bonds is 5. The summed E-state index contributed by atoms with van der Waals surface area (Å²) in [7, 11) is 0. The average molecular weight is 401 g/mol. The molecule has 0 aliphatic rings. The van der Waals surface area contributed by atoms with E-state index in [1.54, 1.807) is 24.3 Å². The molecule has 30 heavy (non-hydrogen) atoms. The first-order chi connectivity index (χ1) is 14.3. The Morgan fingerprint density at radius 1 is 1.07 bits per heavy atom. The predicted octanol–water partition coefficient (Wildman–Crippen LogP) is 5.33. The number of aryl methyl sites for hydroxylation is 3. The lowest BCUT2D eigenvalue weighted by atomic mass is 10.1. The first-order valence-electron chi connectivity index (χ1n) is 9.14. The summed E-state index contributed by atoms with van der Waals surface area (Å²) >= 11 is 0. The van der Waals surface area contributed by atoms with Crippen molar-refractivity contribution in [2.45, 2.75) is 20.8 Å². The molecule has 0 unspecified atom stereocenters. The largest absolute Gasteiger partial charge is 0.457 e. The van der Waals surface area contributed by atoms with Crippen LogP contribution >= 0.6 is 0 Å². The van der Waals surface area contributed by atoms with Gasteiger partial charge in [-0.25, -0.2) is 0 Å². The second kappa shape index (κ2) is 8.45. The number of nitro groups is 1. The molecule has 7 nitrogen and oxygen atoms in total. The minimum atomic E-state index is -0.551. The highest BCUT2D eigenvalue weighted by molar-refractivity contribution is 6.09. The fourth-order valence-corrected chi connectivity index (χ4v) is 2.87. The van der Waals surface area contributed by atoms with E-state index in [4.69, 9.17) is 4.42 Å². The number of hydrogen-bond acceptors (Lipinski definition) is 5. The summed E-state index contributed by atoms with van der Waals surface area (Å²) in [5.74, 6) is 0.155. The van der Waals surface area contributed by atoms with E-state index in [9.17, 15) is 20.2 Å². The highest BCUT2D eigenvalue weighted by Crippen LogP contribution is 2.29. The monoisotopic (exact) mass is 401 g/mol. The third kappa shape index (κ3) is 4.45. The zero-order chi connectivity index (χ0) is 21.8. The maximum atomic E-state index is 12.5. The summed E-state index contributed by atoms with van der Waals surface area (Å²) < 4.78 is 5.72. The SMILES string of the molecule is Cc1ccc(NC(=O)/C(C#N)=C/c2ccc(-c3cc([N+](=O)[O-])ccc3C)o2)cc1C. The fourth-order valence-electron chi connectivity index (χ4n) is 2.87. The fraction of sp³-hybridized carbons (Fsp3) is 0.130. The van der Waals surface area contributed by atoms with Gasteiger partial charge < -0.3 is 9.73 Å². The highest BCUT2D eigenvalue weighted by Gasteiger charge is 2.15. The Labute approximate surface area is 173 Å². The topological polar surface area (TPSA) is 109 Å². The van der Waals surface area contributed by atoms with Gasteiger partial charge in [-0.1, -0.05) is 12.1 Å². The van der Waals surface area contributed by atoms with Gasteiger partial charge in [0.2, 0.25) is 0 Å². The molecule has 7 heteroatoms. The van der Waals surface area contributed by atoms with E-state index in [0.29, 0.717) is 22.8 Å². The summed E-state index contributed by atoms with van der Waals surface area (Å²) in [6.07, 6.45) is 1.34. The van der Waals surface area contributed by atoms with Crippen LogP contribution in [0.5, 0.6) is 0 Å². The van der Waals surface area contributed by atoms with Crippen molar-refractivity contribution in [1.29, 1.82) is 5.26 Å². The molecule has 0 atom stereocenters. The van der Waals surface area contributed by atoms with E-state index < -0.39 is 10.8 Å². The standard InChI is InChI=1S/C23H19N3O4/c1-14-4-6-18(10-16(14)3)25-23(27)17(13-24)11-20-8-9-22(30-20)21-12-19(26(28)29)7-5-15(21)2/h4-12H,1-3H3,(H,25,27)/b17-11+. The van der Waals surface area contributed by atoms with Gasteiger partial charge in [0, 0.05) is 29.5 Å². The van der Waals surface area contributed by atoms with Crippen molar-refractivity contribution in [3.8, 4) is 17.4 Å². The number of carbonyl (C=O) groups excluding carboxylic acids is 1. The van der Waals surface area contributed by atoms with Gasteiger partial charge in [-0.05, 0) is 61.7 Å². The van der Waals surface area contributed by atoms with Gasteiger partial charge in [0.15, 0.2) is 0 Å². The third-order valence-electron chi connectivity index (χ3n) is 4.74. The summed E-state index contributed by atoms with van der Waals surface area (Å²) in [6.45, 7) is 5.72. The van der Waals surface area contributed by atoms with Gasteiger partial charge >= 0.3 is 0 Å². The van der Waals surface area contributed by atoms with Crippen LogP contribution in [0.15, 0.2) is 58.5 Å². The number of amides is 1. The molecular formula is C23H19N3O4. The molecule has 0 bridgehead atoms. The quantitative estimate of drug-likeness (QED) is 0.269. The van der Waals surface area contributed by atoms with Crippen molar-refractivity contribution >= 4 is 23.4 Å². The lowest BCUT2D eigenvalue weighted by molar-refractivity contribution is -0.384. The van der Waals surface area contributed by atoms with E-state index >= 15 is 0 Å². The minimum Gasteiger partial charge on any atom is -0.457 e. The summed E-state index contributed by atoms with van der Waals surface area (Å²) in [4.78, 5) is 23.0. The summed E-state index contributed by atoms with van der Waals surface area (Å²) in [5, 5.41) is 23.1. The van der Waals surface area contributed by atoms with Crippen LogP contribution in [0.25, 0.3) is 17.4 Å². The lowest BCUT2D eigenvalue weighted by Gasteiger charge is -2.07. The van der Waals surface area contributed by atoms with Gasteiger partial charge in [0.25, 0.3) is 11.6 Å². The average Bonchev–Trinajstić information content (AvgIpc) is 3.17. The van der Waals surface area contributed by atoms with Crippen LogP contribution in [-0.4, -0.2) is 10.8 Å². The Morgan fingerprint density at radius 3 is 2.47 bits per heavy atom. The van der Waals surface area contributed by atoms with Crippen LogP contribution in [0.3, 0.4) is 0 Å². The molecule has 3 rings (SSSR count). The first-order valence-corrected chi connectivity index (χ1v) is 9.14. The van der Waals surface area contributed by atoms with Crippen molar-refractivity contribution in [2.75, 3.05) is 5.32 Å². The number of nitrogens with zero attached hydrogens (tertiary/aromatic N) is 2. The van der Waals surface area contributed by atoms with Gasteiger partial charge in [-0.3, -0.25) is 14.9 Å². The van der Waals surface area contributed by atoms with Crippen molar-refractivity contribution in [1.82, 2.24) is 0 Å². The number of furan rings is 1. The van der Waals surface area contributed by atoms with Gasteiger partial charge in [-0.2, -0.15) is 5.26 Å². The van der Waals surface area contributed by atoms with Crippen LogP contribution in [0.1, 0.15) is 22.5 Å². The third-order valence-corrected chi connectivity index (χ3v) is 4.74. The maximum Gasteiger partial charge on any atom is 0.270 e. The normalized spacial score (nSPS) is 11.1. The van der Waals surface area contributed by atoms with Crippen molar-refractivity contribution < 1.29 is 14.1 Å². The van der Waals surface area contributed by atoms with Gasteiger partial charge in [-0.15, -0.1) is 0 Å². The van der Waals surface area contributed by atoms with Crippen molar-refractivity contribution in [3.05, 3.63) is 86.7 Å². The predicted molar refractivity (Wildman–Crippen MR) is 114 cm³/mol. The molecule has 0 spiro atoms. The van der Waals surface area contributed by atoms with Crippen molar-refractivity contribution in [3.63, 3.8) is 0 Å². The minimum absolute atomic E-state index is 0.0467. The van der Waals surface area contributed by atoms with E-state index in [2.05, 4.69) is 5.32 Å². The van der Waals surface area contributed by atoms with Crippen molar-refractivity contribution in [2.24, 2.45) is 0 Å². The molecule has 0 radical (unpaired) electrons. The summed E-state index contributed by atoms with van der Waals surface area (Å²) in [5.41, 5.74) is 3.93.